The first-order valence-corrected chi connectivity index (χ1v) is 12.6. The van der Waals surface area contributed by atoms with E-state index in [2.05, 4.69) is 5.32 Å². The fourth-order valence-electron chi connectivity index (χ4n) is 3.94. The first-order valence-electron chi connectivity index (χ1n) is 12.6. The van der Waals surface area contributed by atoms with Crippen LogP contribution in [0.5, 0.6) is 0 Å². The smallest absolute Gasteiger partial charge is 0.220 e. The lowest BCUT2D eigenvalue weighted by atomic mass is 9.94. The number of carbonyl (C=O) groups excluding carboxylic acids is 1. The van der Waals surface area contributed by atoms with Gasteiger partial charge in [-0.2, -0.15) is 0 Å². The molecular weight excluding hydrogens is 446 g/mol. The van der Waals surface area contributed by atoms with Crippen molar-refractivity contribution in [3.63, 3.8) is 0 Å². The van der Waals surface area contributed by atoms with E-state index >= 15 is 0 Å². The molecule has 1 aliphatic rings. The molecule has 10 nitrogen and oxygen atoms in total. The average Bonchev–Trinajstić information content (AvgIpc) is 3.30. The highest BCUT2D eigenvalue weighted by Gasteiger charge is 2.33. The molecule has 10 heteroatoms. The lowest BCUT2D eigenvalue weighted by Crippen LogP contribution is -2.53. The highest BCUT2D eigenvalue weighted by Crippen LogP contribution is 2.29. The van der Waals surface area contributed by atoms with Crippen LogP contribution in [0.3, 0.4) is 0 Å². The molecule has 0 spiro atoms. The van der Waals surface area contributed by atoms with Gasteiger partial charge in [-0.15, -0.1) is 0 Å². The number of hydrogen-bond donors (Lipinski definition) is 6. The Morgan fingerprint density at radius 1 is 1.00 bits per heavy atom. The van der Waals surface area contributed by atoms with Crippen molar-refractivity contribution in [1.82, 2.24) is 5.32 Å². The molecule has 1 amide bonds. The molecule has 0 aromatic carbocycles. The van der Waals surface area contributed by atoms with Gasteiger partial charge in [0.05, 0.1) is 38.1 Å². The van der Waals surface area contributed by atoms with Crippen LogP contribution in [-0.4, -0.2) is 101 Å². The molecule has 1 fully saturated rings. The number of carbonyl (C=O) groups is 1. The fourth-order valence-corrected chi connectivity index (χ4v) is 3.94. The molecule has 0 radical (unpaired) electrons. The Kier molecular flexibility index (Phi) is 15.4. The van der Waals surface area contributed by atoms with Gasteiger partial charge in [0.1, 0.15) is 18.3 Å². The SMILES string of the molecule is CCC(=O)N[C@@H](COC(OC(COCC(C)C)[C@@H](C)O)[C@@H](O)CO)[C@H](O)[C@H](O)CC1CCCC1. The summed E-state index contributed by atoms with van der Waals surface area (Å²) in [6, 6.07) is -0.956. The van der Waals surface area contributed by atoms with E-state index in [0.717, 1.165) is 25.7 Å². The Hall–Kier alpha value is -0.850. The number of hydrogen-bond acceptors (Lipinski definition) is 9. The standard InChI is InChI=1S/C24H47NO9/c1-5-22(30)25-18(23(31)19(28)10-17-8-6-7-9-17)13-33-24(20(29)11-26)34-21(16(4)27)14-32-12-15(2)3/h15-21,23-24,26-29,31H,5-14H2,1-4H3,(H,25,30)/t16-,18+,19-,20+,21?,23+,24?/m1/s1. The van der Waals surface area contributed by atoms with Gasteiger partial charge in [0, 0.05) is 13.0 Å². The molecule has 0 aromatic heterocycles. The summed E-state index contributed by atoms with van der Waals surface area (Å²) in [6.07, 6.45) is -2.09. The Morgan fingerprint density at radius 3 is 2.18 bits per heavy atom. The van der Waals surface area contributed by atoms with Gasteiger partial charge < -0.3 is 45.1 Å². The van der Waals surface area contributed by atoms with Crippen LogP contribution in [0.2, 0.25) is 0 Å². The van der Waals surface area contributed by atoms with Gasteiger partial charge >= 0.3 is 0 Å². The van der Waals surface area contributed by atoms with E-state index in [4.69, 9.17) is 14.2 Å². The van der Waals surface area contributed by atoms with E-state index in [-0.39, 0.29) is 31.5 Å². The van der Waals surface area contributed by atoms with Crippen LogP contribution in [0.1, 0.15) is 66.2 Å². The van der Waals surface area contributed by atoms with Crippen molar-refractivity contribution in [3.05, 3.63) is 0 Å². The van der Waals surface area contributed by atoms with Crippen molar-refractivity contribution in [2.24, 2.45) is 11.8 Å². The maximum Gasteiger partial charge on any atom is 0.220 e. The summed E-state index contributed by atoms with van der Waals surface area (Å²) in [5.41, 5.74) is 0. The minimum Gasteiger partial charge on any atom is -0.393 e. The Bertz CT molecular complexity index is 543. The molecule has 1 rings (SSSR count). The fraction of sp³-hybridized carbons (Fsp3) is 0.958. The molecular formula is C24H47NO9. The van der Waals surface area contributed by atoms with E-state index in [0.29, 0.717) is 18.9 Å². The van der Waals surface area contributed by atoms with Crippen LogP contribution in [0.15, 0.2) is 0 Å². The van der Waals surface area contributed by atoms with Crippen molar-refractivity contribution in [3.8, 4) is 0 Å². The van der Waals surface area contributed by atoms with Crippen LogP contribution in [0.4, 0.5) is 0 Å². The summed E-state index contributed by atoms with van der Waals surface area (Å²) in [5.74, 6) is 0.285. The van der Waals surface area contributed by atoms with Gasteiger partial charge in [-0.25, -0.2) is 0 Å². The molecule has 6 N–H and O–H groups in total. The van der Waals surface area contributed by atoms with Crippen LogP contribution < -0.4 is 5.32 Å². The summed E-state index contributed by atoms with van der Waals surface area (Å²) in [5, 5.41) is 53.8. The van der Waals surface area contributed by atoms with Gasteiger partial charge in [-0.05, 0) is 25.2 Å². The van der Waals surface area contributed by atoms with Crippen LogP contribution in [0.25, 0.3) is 0 Å². The molecule has 0 aromatic rings. The summed E-state index contributed by atoms with van der Waals surface area (Å²) in [6.45, 7) is 6.70. The zero-order chi connectivity index (χ0) is 25.7. The van der Waals surface area contributed by atoms with Crippen LogP contribution in [-0.2, 0) is 19.0 Å². The predicted octanol–water partition coefficient (Wildman–Crippen LogP) is 0.318. The van der Waals surface area contributed by atoms with Gasteiger partial charge in [0.25, 0.3) is 0 Å². The summed E-state index contributed by atoms with van der Waals surface area (Å²) >= 11 is 0. The zero-order valence-corrected chi connectivity index (χ0v) is 21.1. The molecule has 0 bridgehead atoms. The first-order chi connectivity index (χ1) is 16.1. The Balaban J connectivity index is 2.82. The topological polar surface area (TPSA) is 158 Å². The molecule has 1 saturated carbocycles. The molecule has 0 saturated heterocycles. The van der Waals surface area contributed by atoms with E-state index < -0.39 is 49.5 Å². The second-order valence-corrected chi connectivity index (χ2v) is 9.77. The number of amides is 1. The maximum atomic E-state index is 12.0. The summed E-state index contributed by atoms with van der Waals surface area (Å²) in [7, 11) is 0. The van der Waals surface area contributed by atoms with Crippen molar-refractivity contribution in [2.45, 2.75) is 109 Å². The van der Waals surface area contributed by atoms with E-state index in [9.17, 15) is 30.3 Å². The second kappa shape index (κ2) is 16.8. The molecule has 7 atom stereocenters. The number of aliphatic hydroxyl groups excluding tert-OH is 5. The Labute approximate surface area is 203 Å². The third-order valence-corrected chi connectivity index (χ3v) is 6.05. The maximum absolute atomic E-state index is 12.0. The predicted molar refractivity (Wildman–Crippen MR) is 126 cm³/mol. The van der Waals surface area contributed by atoms with Crippen LogP contribution in [0, 0.1) is 11.8 Å². The van der Waals surface area contributed by atoms with E-state index in [1.165, 1.54) is 6.92 Å². The Morgan fingerprint density at radius 2 is 1.65 bits per heavy atom. The molecule has 0 heterocycles. The third kappa shape index (κ3) is 11.7. The lowest BCUT2D eigenvalue weighted by Gasteiger charge is -2.33. The molecule has 0 aliphatic heterocycles. The second-order valence-electron chi connectivity index (χ2n) is 9.77. The number of aliphatic hydroxyl groups is 5. The highest BCUT2D eigenvalue weighted by atomic mass is 16.7. The quantitative estimate of drug-likeness (QED) is 0.148. The van der Waals surface area contributed by atoms with Gasteiger partial charge in [-0.1, -0.05) is 46.5 Å². The minimum absolute atomic E-state index is 0.0482. The molecule has 2 unspecified atom stereocenters. The molecule has 1 aliphatic carbocycles. The van der Waals surface area contributed by atoms with Gasteiger partial charge in [0.15, 0.2) is 6.29 Å². The lowest BCUT2D eigenvalue weighted by molar-refractivity contribution is -0.247. The third-order valence-electron chi connectivity index (χ3n) is 6.05. The van der Waals surface area contributed by atoms with Crippen molar-refractivity contribution < 1.29 is 44.5 Å². The van der Waals surface area contributed by atoms with Crippen molar-refractivity contribution in [1.29, 1.82) is 0 Å². The summed E-state index contributed by atoms with van der Waals surface area (Å²) < 4.78 is 16.9. The van der Waals surface area contributed by atoms with Gasteiger partial charge in [0.2, 0.25) is 5.91 Å². The average molecular weight is 494 g/mol. The normalized spacial score (nSPS) is 21.1. The number of nitrogens with one attached hydrogen (secondary N) is 1. The number of ether oxygens (including phenoxy) is 3. The van der Waals surface area contributed by atoms with Gasteiger partial charge in [-0.3, -0.25) is 4.79 Å². The van der Waals surface area contributed by atoms with Crippen molar-refractivity contribution in [2.75, 3.05) is 26.4 Å². The van der Waals surface area contributed by atoms with E-state index in [1.54, 1.807) is 6.92 Å². The van der Waals surface area contributed by atoms with E-state index in [1.807, 2.05) is 13.8 Å². The minimum atomic E-state index is -1.44. The highest BCUT2D eigenvalue weighted by molar-refractivity contribution is 5.75. The monoisotopic (exact) mass is 493 g/mol. The summed E-state index contributed by atoms with van der Waals surface area (Å²) in [4.78, 5) is 12.0. The zero-order valence-electron chi connectivity index (χ0n) is 21.1. The van der Waals surface area contributed by atoms with Crippen LogP contribution >= 0.6 is 0 Å². The molecule has 202 valence electrons. The van der Waals surface area contributed by atoms with Crippen molar-refractivity contribution >= 4 is 5.91 Å². The molecule has 34 heavy (non-hydrogen) atoms. The largest absolute Gasteiger partial charge is 0.393 e. The first kappa shape index (κ1) is 31.2. The number of rotatable bonds is 18.